The average Bonchev–Trinajstić information content (AvgIpc) is 3.28. The summed E-state index contributed by atoms with van der Waals surface area (Å²) in [5.74, 6) is 0.723. The van der Waals surface area contributed by atoms with Crippen molar-refractivity contribution in [3.63, 3.8) is 0 Å². The minimum Gasteiger partial charge on any atom is -0.489 e. The number of benzene rings is 2. The Morgan fingerprint density at radius 2 is 1.83 bits per heavy atom. The monoisotopic (exact) mass is 390 g/mol. The standard InChI is InChI=1S/C23H22N2O4/c26-22(25-16-23(27)24-15-21-10-5-13-28-21)12-11-18-8-4-9-20(14-18)29-17-19-6-2-1-3-7-19/h1-14H,15-17H2,(H,24,27)(H,25,26). The fourth-order valence-electron chi connectivity index (χ4n) is 2.51. The molecule has 2 amide bonds. The molecular formula is C23H22N2O4. The van der Waals surface area contributed by atoms with E-state index in [-0.39, 0.29) is 24.9 Å². The topological polar surface area (TPSA) is 80.6 Å². The zero-order valence-corrected chi connectivity index (χ0v) is 15.8. The fourth-order valence-corrected chi connectivity index (χ4v) is 2.51. The van der Waals surface area contributed by atoms with Gasteiger partial charge in [0.05, 0.1) is 19.4 Å². The highest BCUT2D eigenvalue weighted by atomic mass is 16.5. The predicted octanol–water partition coefficient (Wildman–Crippen LogP) is 3.30. The first kappa shape index (κ1) is 19.9. The quantitative estimate of drug-likeness (QED) is 0.550. The lowest BCUT2D eigenvalue weighted by molar-refractivity contribution is -0.124. The van der Waals surface area contributed by atoms with Crippen LogP contribution in [-0.2, 0) is 22.7 Å². The summed E-state index contributed by atoms with van der Waals surface area (Å²) in [6.07, 6.45) is 4.59. The van der Waals surface area contributed by atoms with E-state index in [1.807, 2.05) is 54.6 Å². The highest BCUT2D eigenvalue weighted by Gasteiger charge is 2.04. The van der Waals surface area contributed by atoms with Gasteiger partial charge in [-0.3, -0.25) is 9.59 Å². The van der Waals surface area contributed by atoms with E-state index < -0.39 is 0 Å². The van der Waals surface area contributed by atoms with Crippen molar-refractivity contribution < 1.29 is 18.7 Å². The molecular weight excluding hydrogens is 368 g/mol. The summed E-state index contributed by atoms with van der Waals surface area (Å²) >= 11 is 0. The summed E-state index contributed by atoms with van der Waals surface area (Å²) in [5, 5.41) is 5.21. The van der Waals surface area contributed by atoms with Crippen LogP contribution in [0.5, 0.6) is 5.75 Å². The van der Waals surface area contributed by atoms with Gasteiger partial charge in [-0.1, -0.05) is 42.5 Å². The second-order valence-corrected chi connectivity index (χ2v) is 6.25. The second-order valence-electron chi connectivity index (χ2n) is 6.25. The van der Waals surface area contributed by atoms with Gasteiger partial charge >= 0.3 is 0 Å². The number of carbonyl (C=O) groups is 2. The highest BCUT2D eigenvalue weighted by molar-refractivity contribution is 5.94. The summed E-state index contributed by atoms with van der Waals surface area (Å²) in [4.78, 5) is 23.7. The van der Waals surface area contributed by atoms with Crippen molar-refractivity contribution in [1.82, 2.24) is 10.6 Å². The van der Waals surface area contributed by atoms with Crippen molar-refractivity contribution in [2.45, 2.75) is 13.2 Å². The summed E-state index contributed by atoms with van der Waals surface area (Å²) < 4.78 is 10.9. The van der Waals surface area contributed by atoms with Gasteiger partial charge in [-0.2, -0.15) is 0 Å². The van der Waals surface area contributed by atoms with Gasteiger partial charge in [-0.05, 0) is 41.5 Å². The third kappa shape index (κ3) is 7.03. The van der Waals surface area contributed by atoms with E-state index >= 15 is 0 Å². The first-order valence-electron chi connectivity index (χ1n) is 9.21. The van der Waals surface area contributed by atoms with Crippen LogP contribution in [0, 0.1) is 0 Å². The lowest BCUT2D eigenvalue weighted by Gasteiger charge is -2.07. The second kappa shape index (κ2) is 10.5. The minimum absolute atomic E-state index is 0.107. The summed E-state index contributed by atoms with van der Waals surface area (Å²) in [6, 6.07) is 20.8. The normalized spacial score (nSPS) is 10.6. The Morgan fingerprint density at radius 1 is 0.966 bits per heavy atom. The molecule has 0 aliphatic carbocycles. The van der Waals surface area contributed by atoms with Gasteiger partial charge in [-0.15, -0.1) is 0 Å². The van der Waals surface area contributed by atoms with Gasteiger partial charge in [0.15, 0.2) is 0 Å². The van der Waals surface area contributed by atoms with Gasteiger partial charge in [0.25, 0.3) is 0 Å². The van der Waals surface area contributed by atoms with E-state index in [2.05, 4.69) is 10.6 Å². The van der Waals surface area contributed by atoms with E-state index in [1.165, 1.54) is 12.3 Å². The van der Waals surface area contributed by atoms with Crippen molar-refractivity contribution in [1.29, 1.82) is 0 Å². The number of furan rings is 1. The van der Waals surface area contributed by atoms with Gasteiger partial charge in [0.2, 0.25) is 11.8 Å². The Labute approximate surface area is 169 Å². The van der Waals surface area contributed by atoms with E-state index in [0.717, 1.165) is 11.1 Å². The molecule has 1 aromatic heterocycles. The molecule has 0 bridgehead atoms. The average molecular weight is 390 g/mol. The molecule has 0 atom stereocenters. The van der Waals surface area contributed by atoms with Crippen LogP contribution in [0.1, 0.15) is 16.9 Å². The molecule has 29 heavy (non-hydrogen) atoms. The van der Waals surface area contributed by atoms with Crippen LogP contribution in [0.2, 0.25) is 0 Å². The fraction of sp³-hybridized carbons (Fsp3) is 0.130. The Kier molecular flexibility index (Phi) is 7.23. The molecule has 2 N–H and O–H groups in total. The molecule has 3 aromatic rings. The molecule has 0 radical (unpaired) electrons. The number of hydrogen-bond donors (Lipinski definition) is 2. The van der Waals surface area contributed by atoms with Crippen LogP contribution >= 0.6 is 0 Å². The first-order valence-corrected chi connectivity index (χ1v) is 9.21. The van der Waals surface area contributed by atoms with E-state index in [1.54, 1.807) is 18.2 Å². The van der Waals surface area contributed by atoms with Crippen LogP contribution in [0.15, 0.2) is 83.5 Å². The Balaban J connectivity index is 1.42. The summed E-state index contributed by atoms with van der Waals surface area (Å²) in [7, 11) is 0. The van der Waals surface area contributed by atoms with Crippen molar-refractivity contribution in [3.8, 4) is 5.75 Å². The lowest BCUT2D eigenvalue weighted by atomic mass is 10.2. The van der Waals surface area contributed by atoms with Crippen LogP contribution in [0.3, 0.4) is 0 Å². The molecule has 148 valence electrons. The van der Waals surface area contributed by atoms with Crippen LogP contribution in [0.4, 0.5) is 0 Å². The van der Waals surface area contributed by atoms with E-state index in [4.69, 9.17) is 9.15 Å². The Hall–Kier alpha value is -3.80. The maximum Gasteiger partial charge on any atom is 0.244 e. The van der Waals surface area contributed by atoms with Crippen LogP contribution in [0.25, 0.3) is 6.08 Å². The van der Waals surface area contributed by atoms with Gasteiger partial charge in [0.1, 0.15) is 18.1 Å². The van der Waals surface area contributed by atoms with E-state index in [0.29, 0.717) is 18.1 Å². The van der Waals surface area contributed by atoms with Crippen molar-refractivity contribution in [2.24, 2.45) is 0 Å². The number of nitrogens with one attached hydrogen (secondary N) is 2. The molecule has 0 unspecified atom stereocenters. The molecule has 1 heterocycles. The lowest BCUT2D eigenvalue weighted by Crippen LogP contribution is -2.35. The highest BCUT2D eigenvalue weighted by Crippen LogP contribution is 2.16. The molecule has 6 nitrogen and oxygen atoms in total. The molecule has 0 spiro atoms. The first-order chi connectivity index (χ1) is 14.2. The smallest absolute Gasteiger partial charge is 0.244 e. The molecule has 0 aliphatic rings. The third-order valence-electron chi connectivity index (χ3n) is 4.00. The molecule has 0 saturated heterocycles. The minimum atomic E-state index is -0.353. The van der Waals surface area contributed by atoms with E-state index in [9.17, 15) is 9.59 Å². The number of amides is 2. The Bertz CT molecular complexity index is 950. The predicted molar refractivity (Wildman–Crippen MR) is 110 cm³/mol. The Morgan fingerprint density at radius 3 is 2.62 bits per heavy atom. The molecule has 2 aromatic carbocycles. The molecule has 0 saturated carbocycles. The third-order valence-corrected chi connectivity index (χ3v) is 4.00. The van der Waals surface area contributed by atoms with Crippen LogP contribution in [-0.4, -0.2) is 18.4 Å². The molecule has 0 aliphatic heterocycles. The molecule has 0 fully saturated rings. The SMILES string of the molecule is O=C(C=Cc1cccc(OCc2ccccc2)c1)NCC(=O)NCc1ccco1. The summed E-state index contributed by atoms with van der Waals surface area (Å²) in [6.45, 7) is 0.652. The zero-order chi connectivity index (χ0) is 20.3. The van der Waals surface area contributed by atoms with Gasteiger partial charge < -0.3 is 19.8 Å². The zero-order valence-electron chi connectivity index (χ0n) is 15.8. The number of ether oxygens (including phenoxy) is 1. The molecule has 6 heteroatoms. The van der Waals surface area contributed by atoms with Crippen LogP contribution < -0.4 is 15.4 Å². The number of carbonyl (C=O) groups excluding carboxylic acids is 2. The largest absolute Gasteiger partial charge is 0.489 e. The van der Waals surface area contributed by atoms with Crippen molar-refractivity contribution in [3.05, 3.63) is 96.0 Å². The number of rotatable bonds is 9. The van der Waals surface area contributed by atoms with Crippen molar-refractivity contribution >= 4 is 17.9 Å². The molecule has 3 rings (SSSR count). The maximum absolute atomic E-state index is 11.9. The van der Waals surface area contributed by atoms with Gasteiger partial charge in [0, 0.05) is 6.08 Å². The maximum atomic E-state index is 11.9. The van der Waals surface area contributed by atoms with Crippen molar-refractivity contribution in [2.75, 3.05) is 6.54 Å². The number of hydrogen-bond acceptors (Lipinski definition) is 4. The summed E-state index contributed by atoms with van der Waals surface area (Å²) in [5.41, 5.74) is 1.91. The van der Waals surface area contributed by atoms with Gasteiger partial charge in [-0.25, -0.2) is 0 Å².